The molecule has 3 heterocycles. The number of benzene rings is 2. The summed E-state index contributed by atoms with van der Waals surface area (Å²) in [4.78, 5) is 41.4. The van der Waals surface area contributed by atoms with Crippen molar-refractivity contribution in [3.8, 4) is 5.75 Å². The number of anilines is 3. The summed E-state index contributed by atoms with van der Waals surface area (Å²) in [5, 5.41) is 16.6. The molecule has 4 bridgehead atoms. The van der Waals surface area contributed by atoms with Crippen molar-refractivity contribution in [3.63, 3.8) is 0 Å². The predicted molar refractivity (Wildman–Crippen MR) is 189 cm³/mol. The molecule has 17 heteroatoms. The standard InChI is InChI=1S/C36H42ClF3N4O9/c1-18-8-7-9-27(50-6)35(48)17-26(51-33(47)43-35)19(2)31-34(3,53-31)28(52-32(46)42-21-10-11-23(41)22(15-21)36(38,39)40)16-29(45)44(4)24-13-20(12-18)14-25(49-5)30(24)37/h7-11,13-15,19,26-28,31,48H,12,16-17,41H2,1-6H3,(H,42,46)(H,43,47)/b9-7+,18-8+/t19-,26+,27-,28+,31+,34+,35+/m1/s1. The lowest BCUT2D eigenvalue weighted by molar-refractivity contribution is -0.142. The Morgan fingerprint density at radius 2 is 1.92 bits per heavy atom. The molecule has 2 fully saturated rings. The number of hydrogen-bond donors (Lipinski definition) is 4. The minimum absolute atomic E-state index is 0.127. The first-order valence-corrected chi connectivity index (χ1v) is 17.0. The summed E-state index contributed by atoms with van der Waals surface area (Å²) in [5.41, 5.74) is 2.21. The number of halogens is 4. The molecule has 5 N–H and O–H groups in total. The monoisotopic (exact) mass is 766 g/mol. The highest BCUT2D eigenvalue weighted by molar-refractivity contribution is 6.35. The molecule has 0 aliphatic carbocycles. The predicted octanol–water partition coefficient (Wildman–Crippen LogP) is 5.97. The summed E-state index contributed by atoms with van der Waals surface area (Å²) in [6.07, 6.45) is -5.99. The number of methoxy groups -OCH3 is 2. The van der Waals surface area contributed by atoms with Crippen LogP contribution in [0.2, 0.25) is 5.02 Å². The van der Waals surface area contributed by atoms with Crippen molar-refractivity contribution in [1.29, 1.82) is 0 Å². The average Bonchev–Trinajstić information content (AvgIpc) is 3.78. The maximum atomic E-state index is 14.0. The first kappa shape index (κ1) is 39.7. The third-order valence-electron chi connectivity index (χ3n) is 9.81. The van der Waals surface area contributed by atoms with Crippen LogP contribution < -0.4 is 26.0 Å². The first-order chi connectivity index (χ1) is 24.8. The van der Waals surface area contributed by atoms with Crippen LogP contribution in [0.15, 0.2) is 54.1 Å². The number of carbonyl (C=O) groups excluding carboxylic acids is 3. The Morgan fingerprint density at radius 3 is 2.58 bits per heavy atom. The van der Waals surface area contributed by atoms with Gasteiger partial charge in [0.25, 0.3) is 0 Å². The van der Waals surface area contributed by atoms with Gasteiger partial charge in [-0.2, -0.15) is 13.2 Å². The molecule has 5 rings (SSSR count). The van der Waals surface area contributed by atoms with Crippen molar-refractivity contribution < 1.29 is 56.3 Å². The Kier molecular flexibility index (Phi) is 11.3. The number of nitrogens with one attached hydrogen (secondary N) is 2. The van der Waals surface area contributed by atoms with E-state index >= 15 is 0 Å². The maximum absolute atomic E-state index is 14.0. The van der Waals surface area contributed by atoms with E-state index in [9.17, 15) is 32.7 Å². The fraction of sp³-hybridized carbons (Fsp3) is 0.472. The van der Waals surface area contributed by atoms with E-state index in [0.717, 1.165) is 17.2 Å². The zero-order chi connectivity index (χ0) is 39.0. The van der Waals surface area contributed by atoms with E-state index in [1.807, 2.05) is 13.0 Å². The highest BCUT2D eigenvalue weighted by Gasteiger charge is 2.64. The molecule has 53 heavy (non-hydrogen) atoms. The van der Waals surface area contributed by atoms with Gasteiger partial charge in [0.2, 0.25) is 5.91 Å². The van der Waals surface area contributed by atoms with Crippen LogP contribution in [-0.4, -0.2) is 80.2 Å². The van der Waals surface area contributed by atoms with Crippen LogP contribution in [-0.2, 0) is 36.3 Å². The number of nitrogen functional groups attached to an aromatic ring is 1. The van der Waals surface area contributed by atoms with Crippen LogP contribution in [0.5, 0.6) is 5.75 Å². The third kappa shape index (κ3) is 8.51. The Hall–Kier alpha value is -4.51. The molecular formula is C36H42ClF3N4O9. The van der Waals surface area contributed by atoms with E-state index in [1.54, 1.807) is 38.1 Å². The molecule has 0 saturated carbocycles. The van der Waals surface area contributed by atoms with Crippen molar-refractivity contribution in [2.24, 2.45) is 5.92 Å². The van der Waals surface area contributed by atoms with Crippen LogP contribution in [0.3, 0.4) is 0 Å². The molecule has 2 aromatic carbocycles. The fourth-order valence-corrected chi connectivity index (χ4v) is 7.07. The van der Waals surface area contributed by atoms with Crippen molar-refractivity contribution in [3.05, 3.63) is 70.3 Å². The molecule has 3 aliphatic heterocycles. The van der Waals surface area contributed by atoms with E-state index in [-0.39, 0.29) is 17.1 Å². The van der Waals surface area contributed by atoms with Crippen molar-refractivity contribution in [2.75, 3.05) is 37.2 Å². The average molecular weight is 767 g/mol. The van der Waals surface area contributed by atoms with Crippen molar-refractivity contribution in [2.45, 2.75) is 82.0 Å². The number of hydrogen-bond acceptors (Lipinski definition) is 10. The number of aliphatic hydroxyl groups is 1. The number of nitrogens with zero attached hydrogens (tertiary/aromatic N) is 1. The van der Waals surface area contributed by atoms with Crippen LogP contribution in [0, 0.1) is 5.92 Å². The van der Waals surface area contributed by atoms with Crippen LogP contribution in [0.4, 0.5) is 39.8 Å². The summed E-state index contributed by atoms with van der Waals surface area (Å²) in [6.45, 7) is 5.18. The quantitative estimate of drug-likeness (QED) is 0.214. The summed E-state index contributed by atoms with van der Waals surface area (Å²) in [7, 11) is 4.31. The Bertz CT molecular complexity index is 1820. The molecule has 0 unspecified atom stereocenters. The molecule has 2 aromatic rings. The molecule has 288 valence electrons. The SMILES string of the molecule is COc1cc2cc(c1Cl)N(C)C(=O)C[C@H](OC(=O)Nc1ccc(N)c(C(F)(F)F)c1)[C@]1(C)O[C@H]1[C@H](C)[C@@H]1C[C@@](O)(NC(=O)O1)[C@H](OC)/C=C/C=C(\C)C2. The molecule has 0 radical (unpaired) electrons. The van der Waals surface area contributed by atoms with Gasteiger partial charge in [0.1, 0.15) is 34.7 Å². The van der Waals surface area contributed by atoms with E-state index in [0.29, 0.717) is 23.9 Å². The molecule has 3 amide bonds. The number of amides is 3. The van der Waals surface area contributed by atoms with Gasteiger partial charge in [-0.3, -0.25) is 15.4 Å². The van der Waals surface area contributed by atoms with Gasteiger partial charge in [-0.15, -0.1) is 0 Å². The van der Waals surface area contributed by atoms with E-state index in [1.165, 1.54) is 32.2 Å². The van der Waals surface area contributed by atoms with Gasteiger partial charge in [0.15, 0.2) is 5.72 Å². The summed E-state index contributed by atoms with van der Waals surface area (Å²) >= 11 is 6.69. The number of fused-ring (bicyclic) bond motifs is 5. The second-order valence-corrected chi connectivity index (χ2v) is 14.0. The minimum atomic E-state index is -4.79. The lowest BCUT2D eigenvalue weighted by atomic mass is 9.83. The highest BCUT2D eigenvalue weighted by atomic mass is 35.5. The number of allylic oxidation sites excluding steroid dienone is 3. The molecule has 2 saturated heterocycles. The van der Waals surface area contributed by atoms with Crippen LogP contribution in [0.1, 0.15) is 44.7 Å². The minimum Gasteiger partial charge on any atom is -0.495 e. The Labute approximate surface area is 309 Å². The van der Waals surface area contributed by atoms with Gasteiger partial charge in [0.05, 0.1) is 30.9 Å². The molecule has 0 aromatic heterocycles. The van der Waals surface area contributed by atoms with Gasteiger partial charge in [-0.05, 0) is 56.2 Å². The number of carbonyl (C=O) groups is 3. The number of rotatable bonds is 4. The van der Waals surface area contributed by atoms with Gasteiger partial charge in [0, 0.05) is 37.9 Å². The number of alkyl halides is 3. The van der Waals surface area contributed by atoms with Crippen LogP contribution in [0.25, 0.3) is 0 Å². The maximum Gasteiger partial charge on any atom is 0.418 e. The molecule has 0 spiro atoms. The summed E-state index contributed by atoms with van der Waals surface area (Å²) in [5.74, 6) is -0.886. The third-order valence-corrected chi connectivity index (χ3v) is 10.2. The van der Waals surface area contributed by atoms with Gasteiger partial charge >= 0.3 is 18.4 Å². The van der Waals surface area contributed by atoms with E-state index < -0.39 is 83.6 Å². The second kappa shape index (κ2) is 15.1. The zero-order valence-electron chi connectivity index (χ0n) is 29.9. The lowest BCUT2D eigenvalue weighted by Gasteiger charge is -2.42. The fourth-order valence-electron chi connectivity index (χ4n) is 6.76. The first-order valence-electron chi connectivity index (χ1n) is 16.6. The normalized spacial score (nSPS) is 30.9. The number of epoxide rings is 1. The van der Waals surface area contributed by atoms with Gasteiger partial charge < -0.3 is 39.4 Å². The highest BCUT2D eigenvalue weighted by Crippen LogP contribution is 2.49. The zero-order valence-corrected chi connectivity index (χ0v) is 30.6. The van der Waals surface area contributed by atoms with E-state index in [4.69, 9.17) is 41.0 Å². The summed E-state index contributed by atoms with van der Waals surface area (Å²) < 4.78 is 69.1. The van der Waals surface area contributed by atoms with Crippen molar-refractivity contribution >= 4 is 46.8 Å². The number of alkyl carbamates (subject to hydrolysis) is 1. The summed E-state index contributed by atoms with van der Waals surface area (Å²) in [6, 6.07) is 6.28. The largest absolute Gasteiger partial charge is 0.495 e. The Balaban J connectivity index is 1.53. The Morgan fingerprint density at radius 1 is 1.21 bits per heavy atom. The number of ether oxygens (including phenoxy) is 5. The second-order valence-electron chi connectivity index (χ2n) is 13.6. The van der Waals surface area contributed by atoms with Gasteiger partial charge in [-0.25, -0.2) is 9.59 Å². The smallest absolute Gasteiger partial charge is 0.418 e. The molecular weight excluding hydrogens is 725 g/mol. The molecule has 7 atom stereocenters. The molecule has 13 nitrogen and oxygen atoms in total. The van der Waals surface area contributed by atoms with Gasteiger partial charge in [-0.1, -0.05) is 42.3 Å². The van der Waals surface area contributed by atoms with E-state index in [2.05, 4.69) is 10.6 Å². The molecule has 3 aliphatic rings. The van der Waals surface area contributed by atoms with Crippen molar-refractivity contribution in [1.82, 2.24) is 5.32 Å². The van der Waals surface area contributed by atoms with Crippen LogP contribution >= 0.6 is 11.6 Å². The topological polar surface area (TPSA) is 174 Å². The lowest BCUT2D eigenvalue weighted by Crippen LogP contribution is -2.63. The number of nitrogens with two attached hydrogens (primary N) is 1.